The van der Waals surface area contributed by atoms with Crippen LogP contribution in [0.15, 0.2) is 52.6 Å². The standard InChI is InChI=1S/C32H36F7N5O6Si/c1-19(50-26-15-42-44(17-48-8-9-51(3,4)5)30(46)27(26)32(37,38)39)10-22(49-18-47-2)16-43-7-6-20-11-24(25(33)12-23(20)29(43)45)28-40-13-21(14-41-28)31(34,35)36/h6-7,11-15,19,22H,8-10,16-18H2,1-5H3/t19-,22?/m0/s1. The lowest BCUT2D eigenvalue weighted by molar-refractivity contribution is -0.141. The van der Waals surface area contributed by atoms with E-state index in [2.05, 4.69) is 34.7 Å². The summed E-state index contributed by atoms with van der Waals surface area (Å²) in [6.07, 6.45) is -8.54. The Morgan fingerprint density at radius 3 is 2.25 bits per heavy atom. The minimum atomic E-state index is -5.08. The number of ether oxygens (including phenoxy) is 4. The highest BCUT2D eigenvalue weighted by Crippen LogP contribution is 2.34. The Bertz CT molecular complexity index is 1930. The molecule has 0 saturated heterocycles. The molecule has 1 aromatic carbocycles. The Kier molecular flexibility index (Phi) is 12.4. The summed E-state index contributed by atoms with van der Waals surface area (Å²) in [7, 11) is -0.140. The van der Waals surface area contributed by atoms with Crippen molar-refractivity contribution >= 4 is 18.8 Å². The first-order valence-electron chi connectivity index (χ1n) is 15.5. The van der Waals surface area contributed by atoms with E-state index < -0.39 is 73.2 Å². The third-order valence-corrected chi connectivity index (χ3v) is 9.24. The third-order valence-electron chi connectivity index (χ3n) is 7.53. The van der Waals surface area contributed by atoms with Crippen molar-refractivity contribution in [1.29, 1.82) is 0 Å². The Balaban J connectivity index is 1.53. The van der Waals surface area contributed by atoms with Gasteiger partial charge in [-0.25, -0.2) is 19.0 Å². The molecule has 0 aliphatic carbocycles. The molecule has 4 aromatic rings. The van der Waals surface area contributed by atoms with Crippen molar-refractivity contribution in [3.8, 4) is 17.1 Å². The van der Waals surface area contributed by atoms with Crippen LogP contribution in [0.4, 0.5) is 30.7 Å². The fourth-order valence-corrected chi connectivity index (χ4v) is 5.65. The lowest BCUT2D eigenvalue weighted by Gasteiger charge is -2.24. The minimum Gasteiger partial charge on any atom is -0.488 e. The fraction of sp³-hybridized carbons (Fsp3) is 0.469. The average molecular weight is 748 g/mol. The molecule has 4 rings (SSSR count). The Hall–Kier alpha value is -4.20. The molecule has 0 aliphatic heterocycles. The molecule has 0 saturated carbocycles. The maximum Gasteiger partial charge on any atom is 0.425 e. The van der Waals surface area contributed by atoms with E-state index in [1.54, 1.807) is 0 Å². The number of methoxy groups -OCH3 is 1. The maximum atomic E-state index is 15.1. The molecule has 11 nitrogen and oxygen atoms in total. The second kappa shape index (κ2) is 16.0. The van der Waals surface area contributed by atoms with Gasteiger partial charge in [0.15, 0.2) is 17.1 Å². The molecule has 3 aromatic heterocycles. The number of rotatable bonds is 15. The molecule has 0 radical (unpaired) electrons. The molecule has 0 N–H and O–H groups in total. The fourth-order valence-electron chi connectivity index (χ4n) is 4.89. The summed E-state index contributed by atoms with van der Waals surface area (Å²) in [5.74, 6) is -2.07. The van der Waals surface area contributed by atoms with E-state index in [0.29, 0.717) is 17.1 Å². The van der Waals surface area contributed by atoms with Gasteiger partial charge in [-0.1, -0.05) is 19.6 Å². The van der Waals surface area contributed by atoms with E-state index in [1.165, 1.54) is 36.9 Å². The van der Waals surface area contributed by atoms with Crippen molar-refractivity contribution in [2.45, 2.75) is 76.9 Å². The summed E-state index contributed by atoms with van der Waals surface area (Å²) in [6, 6.07) is 4.34. The van der Waals surface area contributed by atoms with Crippen LogP contribution in [0, 0.1) is 5.82 Å². The summed E-state index contributed by atoms with van der Waals surface area (Å²) in [4.78, 5) is 33.4. The first kappa shape index (κ1) is 39.6. The Labute approximate surface area is 288 Å². The van der Waals surface area contributed by atoms with Crippen LogP contribution in [-0.2, 0) is 39.8 Å². The normalized spacial score (nSPS) is 13.8. The molecule has 0 fully saturated rings. The second-order valence-corrected chi connectivity index (χ2v) is 18.5. The number of halogens is 7. The van der Waals surface area contributed by atoms with E-state index in [4.69, 9.17) is 18.9 Å². The molecule has 51 heavy (non-hydrogen) atoms. The quantitative estimate of drug-likeness (QED) is 0.0593. The SMILES string of the molecule is COCOC(C[C@H](C)Oc1cnn(COCC[Si](C)(C)C)c(=O)c1C(F)(F)F)Cn1ccc2cc(-c3ncc(C(F)(F)F)cn3)c(F)cc2c1=O. The van der Waals surface area contributed by atoms with Crippen molar-refractivity contribution in [1.82, 2.24) is 24.3 Å². The summed E-state index contributed by atoms with van der Waals surface area (Å²) in [6.45, 7) is 7.11. The van der Waals surface area contributed by atoms with Crippen molar-refractivity contribution < 1.29 is 49.7 Å². The predicted octanol–water partition coefficient (Wildman–Crippen LogP) is 6.35. The van der Waals surface area contributed by atoms with Crippen molar-refractivity contribution in [2.75, 3.05) is 20.5 Å². The van der Waals surface area contributed by atoms with Gasteiger partial charge < -0.3 is 23.5 Å². The second-order valence-electron chi connectivity index (χ2n) is 12.9. The lowest BCUT2D eigenvalue weighted by Crippen LogP contribution is -2.34. The molecule has 0 amide bonds. The number of fused-ring (bicyclic) bond motifs is 1. The van der Waals surface area contributed by atoms with Gasteiger partial charge in [0.05, 0.1) is 41.5 Å². The zero-order valence-corrected chi connectivity index (χ0v) is 29.3. The van der Waals surface area contributed by atoms with Crippen LogP contribution >= 0.6 is 0 Å². The summed E-state index contributed by atoms with van der Waals surface area (Å²) >= 11 is 0. The van der Waals surface area contributed by atoms with Crippen LogP contribution in [0.3, 0.4) is 0 Å². The van der Waals surface area contributed by atoms with Crippen LogP contribution in [0.25, 0.3) is 22.2 Å². The number of alkyl halides is 6. The van der Waals surface area contributed by atoms with E-state index in [0.717, 1.165) is 18.3 Å². The number of hydrogen-bond acceptors (Lipinski definition) is 9. The molecule has 0 bridgehead atoms. The van der Waals surface area contributed by atoms with Gasteiger partial charge in [-0.3, -0.25) is 9.59 Å². The molecule has 0 aliphatic rings. The van der Waals surface area contributed by atoms with Gasteiger partial charge in [-0.05, 0) is 36.6 Å². The topological polar surface area (TPSA) is 120 Å². The highest BCUT2D eigenvalue weighted by Gasteiger charge is 2.40. The van der Waals surface area contributed by atoms with Crippen molar-refractivity contribution in [3.63, 3.8) is 0 Å². The monoisotopic (exact) mass is 747 g/mol. The average Bonchev–Trinajstić information content (AvgIpc) is 3.02. The Morgan fingerprint density at radius 1 is 0.961 bits per heavy atom. The summed E-state index contributed by atoms with van der Waals surface area (Å²) in [5, 5.41) is 3.97. The van der Waals surface area contributed by atoms with Crippen molar-refractivity contribution in [2.24, 2.45) is 0 Å². The molecular weight excluding hydrogens is 711 g/mol. The van der Waals surface area contributed by atoms with Gasteiger partial charge in [-0.2, -0.15) is 31.4 Å². The van der Waals surface area contributed by atoms with Gasteiger partial charge in [0, 0.05) is 46.8 Å². The molecule has 278 valence electrons. The van der Waals surface area contributed by atoms with E-state index in [-0.39, 0.29) is 48.5 Å². The Morgan fingerprint density at radius 2 is 1.65 bits per heavy atom. The highest BCUT2D eigenvalue weighted by atomic mass is 28.3. The highest BCUT2D eigenvalue weighted by molar-refractivity contribution is 6.76. The zero-order chi connectivity index (χ0) is 37.7. The molecule has 2 atom stereocenters. The first-order chi connectivity index (χ1) is 23.8. The van der Waals surface area contributed by atoms with Gasteiger partial charge in [0.2, 0.25) is 0 Å². The number of pyridine rings is 1. The van der Waals surface area contributed by atoms with Gasteiger partial charge in [-0.15, -0.1) is 0 Å². The van der Waals surface area contributed by atoms with E-state index in [1.807, 2.05) is 0 Å². The van der Waals surface area contributed by atoms with Crippen molar-refractivity contribution in [3.05, 3.63) is 80.6 Å². The first-order valence-corrected chi connectivity index (χ1v) is 19.2. The molecule has 0 spiro atoms. The number of aromatic nitrogens is 5. The van der Waals surface area contributed by atoms with Crippen LogP contribution in [-0.4, -0.2) is 65.1 Å². The van der Waals surface area contributed by atoms with E-state index in [9.17, 15) is 35.9 Å². The molecule has 1 unspecified atom stereocenters. The van der Waals surface area contributed by atoms with Gasteiger partial charge in [0.25, 0.3) is 11.1 Å². The minimum absolute atomic E-state index is 0.0774. The number of benzene rings is 1. The summed E-state index contributed by atoms with van der Waals surface area (Å²) < 4.78 is 119. The van der Waals surface area contributed by atoms with Crippen LogP contribution in [0.1, 0.15) is 24.5 Å². The smallest absolute Gasteiger partial charge is 0.425 e. The zero-order valence-electron chi connectivity index (χ0n) is 28.3. The molecule has 3 heterocycles. The molecule has 19 heteroatoms. The van der Waals surface area contributed by atoms with Gasteiger partial charge in [0.1, 0.15) is 19.3 Å². The van der Waals surface area contributed by atoms with E-state index >= 15 is 4.39 Å². The predicted molar refractivity (Wildman–Crippen MR) is 173 cm³/mol. The largest absolute Gasteiger partial charge is 0.488 e. The van der Waals surface area contributed by atoms with Crippen LogP contribution < -0.4 is 15.9 Å². The third kappa shape index (κ3) is 10.4. The number of nitrogens with zero attached hydrogens (tertiary/aromatic N) is 5. The van der Waals surface area contributed by atoms with Crippen LogP contribution in [0.5, 0.6) is 5.75 Å². The number of hydrogen-bond donors (Lipinski definition) is 0. The van der Waals surface area contributed by atoms with Gasteiger partial charge >= 0.3 is 12.4 Å². The lowest BCUT2D eigenvalue weighted by atomic mass is 10.1. The summed E-state index contributed by atoms with van der Waals surface area (Å²) in [5.41, 5.74) is -4.99. The maximum absolute atomic E-state index is 15.1. The molecular formula is C32H36F7N5O6Si. The van der Waals surface area contributed by atoms with Crippen LogP contribution in [0.2, 0.25) is 25.7 Å².